The molecule has 0 aliphatic carbocycles. The van der Waals surface area contributed by atoms with Gasteiger partial charge in [-0.15, -0.1) is 0 Å². The van der Waals surface area contributed by atoms with Gasteiger partial charge in [0.25, 0.3) is 0 Å². The van der Waals surface area contributed by atoms with Crippen LogP contribution in [0.15, 0.2) is 16.6 Å². The summed E-state index contributed by atoms with van der Waals surface area (Å²) in [5.74, 6) is -2.69. The van der Waals surface area contributed by atoms with Crippen molar-refractivity contribution < 1.29 is 13.5 Å². The molecule has 0 saturated carbocycles. The molecule has 1 aromatic carbocycles. The second-order valence-electron chi connectivity index (χ2n) is 4.31. The lowest BCUT2D eigenvalue weighted by atomic mass is 9.95. The highest BCUT2D eigenvalue weighted by atomic mass is 79.9. The molecule has 1 aliphatic heterocycles. The first-order valence-corrected chi connectivity index (χ1v) is 5.42. The molecule has 0 saturated heterocycles. The third-order valence-corrected chi connectivity index (χ3v) is 3.23. The van der Waals surface area contributed by atoms with Crippen molar-refractivity contribution in [1.82, 2.24) is 0 Å². The summed E-state index contributed by atoms with van der Waals surface area (Å²) < 4.78 is 33.7. The highest BCUT2D eigenvalue weighted by Crippen LogP contribution is 2.53. The van der Waals surface area contributed by atoms with E-state index in [-0.39, 0.29) is 11.3 Å². The molecule has 0 aromatic heterocycles. The summed E-state index contributed by atoms with van der Waals surface area (Å²) in [6.45, 7) is 4.58. The Morgan fingerprint density at radius 2 is 1.87 bits per heavy atom. The fraction of sp³-hybridized carbons (Fsp3) is 0.455. The van der Waals surface area contributed by atoms with Crippen molar-refractivity contribution in [3.63, 3.8) is 0 Å². The molecule has 0 unspecified atom stereocenters. The van der Waals surface area contributed by atoms with Crippen molar-refractivity contribution in [1.29, 1.82) is 0 Å². The molecule has 0 N–H and O–H groups in total. The molecular weight excluding hydrogens is 266 g/mol. The maximum atomic E-state index is 13.9. The molecule has 1 heterocycles. The van der Waals surface area contributed by atoms with Gasteiger partial charge in [0.1, 0.15) is 5.75 Å². The molecule has 0 bridgehead atoms. The van der Waals surface area contributed by atoms with Crippen LogP contribution < -0.4 is 4.74 Å². The number of hydrogen-bond donors (Lipinski definition) is 0. The van der Waals surface area contributed by atoms with Crippen molar-refractivity contribution in [2.75, 3.05) is 0 Å². The zero-order valence-electron chi connectivity index (χ0n) is 8.70. The van der Waals surface area contributed by atoms with E-state index in [2.05, 4.69) is 15.9 Å². The molecule has 0 amide bonds. The van der Waals surface area contributed by atoms with E-state index in [1.54, 1.807) is 13.0 Å². The van der Waals surface area contributed by atoms with Crippen LogP contribution in [0.1, 0.15) is 25.0 Å². The number of benzene rings is 1. The zero-order chi connectivity index (χ0) is 11.4. The molecule has 0 spiro atoms. The summed E-state index contributed by atoms with van der Waals surface area (Å²) in [4.78, 5) is 0. The highest BCUT2D eigenvalue weighted by molar-refractivity contribution is 9.10. The van der Waals surface area contributed by atoms with Crippen LogP contribution in [0.4, 0.5) is 8.78 Å². The third kappa shape index (κ3) is 1.38. The van der Waals surface area contributed by atoms with Gasteiger partial charge in [0.05, 0.1) is 10.0 Å². The molecule has 1 aromatic rings. The molecule has 15 heavy (non-hydrogen) atoms. The minimum absolute atomic E-state index is 0.0284. The van der Waals surface area contributed by atoms with Gasteiger partial charge in [0, 0.05) is 0 Å². The zero-order valence-corrected chi connectivity index (χ0v) is 10.3. The van der Waals surface area contributed by atoms with Crippen LogP contribution >= 0.6 is 15.9 Å². The fourth-order valence-corrected chi connectivity index (χ4v) is 2.37. The van der Waals surface area contributed by atoms with Gasteiger partial charge in [-0.05, 0) is 54.4 Å². The first-order chi connectivity index (χ1) is 6.75. The van der Waals surface area contributed by atoms with Gasteiger partial charge in [-0.2, -0.15) is 8.78 Å². The van der Waals surface area contributed by atoms with Crippen LogP contribution in [-0.4, -0.2) is 5.60 Å². The Labute approximate surface area is 95.6 Å². The average molecular weight is 277 g/mol. The molecule has 0 radical (unpaired) electrons. The molecule has 1 nitrogen and oxygen atoms in total. The number of alkyl halides is 2. The molecule has 2 rings (SSSR count). The van der Waals surface area contributed by atoms with Gasteiger partial charge >= 0.3 is 5.92 Å². The Bertz CT molecular complexity index is 427. The summed E-state index contributed by atoms with van der Waals surface area (Å²) in [5.41, 5.74) is -0.716. The predicted octanol–water partition coefficient (Wildman–Crippen LogP) is 4.02. The lowest BCUT2D eigenvalue weighted by Gasteiger charge is -2.25. The van der Waals surface area contributed by atoms with Crippen molar-refractivity contribution >= 4 is 15.9 Å². The summed E-state index contributed by atoms with van der Waals surface area (Å²) in [7, 11) is 0. The van der Waals surface area contributed by atoms with E-state index in [9.17, 15) is 8.78 Å². The Morgan fingerprint density at radius 3 is 2.47 bits per heavy atom. The molecule has 82 valence electrons. The number of rotatable bonds is 0. The standard InChI is InChI=1S/C11H11BrF2O/c1-6-4-7-9(8(12)5-6)15-10(2,3)11(7,13)14/h4-5H,1-3H3. The molecule has 0 atom stereocenters. The summed E-state index contributed by atoms with van der Waals surface area (Å²) in [6.07, 6.45) is 0. The maximum Gasteiger partial charge on any atom is 0.314 e. The van der Waals surface area contributed by atoms with Crippen molar-refractivity contribution in [2.45, 2.75) is 32.3 Å². The van der Waals surface area contributed by atoms with Gasteiger partial charge in [0.15, 0.2) is 5.60 Å². The summed E-state index contributed by atoms with van der Waals surface area (Å²) in [5, 5.41) is 0. The minimum atomic E-state index is -2.95. The molecule has 0 fully saturated rings. The third-order valence-electron chi connectivity index (χ3n) is 2.64. The van der Waals surface area contributed by atoms with E-state index < -0.39 is 11.5 Å². The van der Waals surface area contributed by atoms with E-state index in [1.807, 2.05) is 0 Å². The highest BCUT2D eigenvalue weighted by Gasteiger charge is 2.57. The van der Waals surface area contributed by atoms with Gasteiger partial charge in [-0.25, -0.2) is 0 Å². The molecular formula is C11H11BrF2O. The lowest BCUT2D eigenvalue weighted by Crippen LogP contribution is -2.39. The first-order valence-electron chi connectivity index (χ1n) is 4.63. The quantitative estimate of drug-likeness (QED) is 0.696. The SMILES string of the molecule is Cc1cc(Br)c2c(c1)C(F)(F)C(C)(C)O2. The number of fused-ring (bicyclic) bond motifs is 1. The van der Waals surface area contributed by atoms with Gasteiger partial charge < -0.3 is 4.74 Å². The second kappa shape index (κ2) is 2.94. The number of ether oxygens (including phenoxy) is 1. The maximum absolute atomic E-state index is 13.9. The average Bonchev–Trinajstić information content (AvgIpc) is 2.24. The Balaban J connectivity index is 2.69. The van der Waals surface area contributed by atoms with Crippen LogP contribution in [0.5, 0.6) is 5.75 Å². The lowest BCUT2D eigenvalue weighted by molar-refractivity contribution is -0.127. The Kier molecular flexibility index (Phi) is 2.13. The van der Waals surface area contributed by atoms with E-state index >= 15 is 0 Å². The van der Waals surface area contributed by atoms with Crippen LogP contribution in [-0.2, 0) is 5.92 Å². The molecule has 1 aliphatic rings. The largest absolute Gasteiger partial charge is 0.479 e. The van der Waals surface area contributed by atoms with Gasteiger partial charge in [-0.3, -0.25) is 0 Å². The topological polar surface area (TPSA) is 9.23 Å². The fourth-order valence-electron chi connectivity index (χ4n) is 1.71. The Morgan fingerprint density at radius 1 is 1.27 bits per heavy atom. The van der Waals surface area contributed by atoms with E-state index in [0.29, 0.717) is 4.47 Å². The van der Waals surface area contributed by atoms with E-state index in [1.165, 1.54) is 19.9 Å². The van der Waals surface area contributed by atoms with Crippen molar-refractivity contribution in [3.8, 4) is 5.75 Å². The van der Waals surface area contributed by atoms with Crippen molar-refractivity contribution in [3.05, 3.63) is 27.7 Å². The van der Waals surface area contributed by atoms with Gasteiger partial charge in [-0.1, -0.05) is 0 Å². The normalized spacial score (nSPS) is 20.9. The van der Waals surface area contributed by atoms with Crippen molar-refractivity contribution in [2.24, 2.45) is 0 Å². The number of hydrogen-bond acceptors (Lipinski definition) is 1. The van der Waals surface area contributed by atoms with Crippen LogP contribution in [0.3, 0.4) is 0 Å². The smallest absolute Gasteiger partial charge is 0.314 e. The monoisotopic (exact) mass is 276 g/mol. The second-order valence-corrected chi connectivity index (χ2v) is 5.16. The number of aryl methyl sites for hydroxylation is 1. The van der Waals surface area contributed by atoms with Crippen LogP contribution in [0.25, 0.3) is 0 Å². The first kappa shape index (κ1) is 10.9. The van der Waals surface area contributed by atoms with Crippen LogP contribution in [0.2, 0.25) is 0 Å². The molecule has 4 heteroatoms. The number of halogens is 3. The summed E-state index contributed by atoms with van der Waals surface area (Å²) >= 11 is 3.24. The minimum Gasteiger partial charge on any atom is -0.479 e. The van der Waals surface area contributed by atoms with E-state index in [0.717, 1.165) is 5.56 Å². The summed E-state index contributed by atoms with van der Waals surface area (Å²) in [6, 6.07) is 3.26. The van der Waals surface area contributed by atoms with E-state index in [4.69, 9.17) is 4.74 Å². The van der Waals surface area contributed by atoms with Gasteiger partial charge in [0.2, 0.25) is 0 Å². The Hall–Kier alpha value is -0.640. The predicted molar refractivity (Wildman–Crippen MR) is 57.5 cm³/mol. The van der Waals surface area contributed by atoms with Crippen LogP contribution in [0, 0.1) is 6.92 Å².